The Morgan fingerprint density at radius 2 is 1.76 bits per heavy atom. The average molecular weight is 464 g/mol. The second-order valence-electron chi connectivity index (χ2n) is 8.80. The van der Waals surface area contributed by atoms with E-state index < -0.39 is 23.5 Å². The predicted molar refractivity (Wildman–Crippen MR) is 118 cm³/mol. The first kappa shape index (κ1) is 23.2. The van der Waals surface area contributed by atoms with Gasteiger partial charge >= 0.3 is 6.03 Å². The van der Waals surface area contributed by atoms with E-state index >= 15 is 0 Å². The van der Waals surface area contributed by atoms with Crippen molar-refractivity contribution in [2.45, 2.75) is 43.2 Å². The number of nitrogens with zero attached hydrogens (tertiary/aromatic N) is 1. The Hall–Kier alpha value is -2.94. The van der Waals surface area contributed by atoms with Crippen molar-refractivity contribution in [3.8, 4) is 11.5 Å². The maximum atomic E-state index is 13.4. The third-order valence-electron chi connectivity index (χ3n) is 7.06. The van der Waals surface area contributed by atoms with E-state index in [4.69, 9.17) is 9.47 Å². The van der Waals surface area contributed by atoms with Crippen LogP contribution >= 0.6 is 0 Å². The van der Waals surface area contributed by atoms with Crippen LogP contribution < -0.4 is 20.1 Å². The van der Waals surface area contributed by atoms with E-state index in [1.54, 1.807) is 14.2 Å². The number of likely N-dealkylation sites (N-methyl/N-ethyl adjacent to an activating group) is 1. The monoisotopic (exact) mass is 463 g/mol. The number of urea groups is 1. The molecule has 1 aliphatic heterocycles. The van der Waals surface area contributed by atoms with Crippen LogP contribution in [-0.4, -0.2) is 50.8 Å². The first-order valence-corrected chi connectivity index (χ1v) is 10.9. The van der Waals surface area contributed by atoms with Gasteiger partial charge in [0.2, 0.25) is 0 Å². The SMILES string of the molecule is COc1ccc([C@@]23CC[C@H](NC(=O)Nc4cc(F)c(F)c(F)c4)C[C@H]2N(C)CC3)cc1OC. The van der Waals surface area contributed by atoms with Crippen LogP contribution in [-0.2, 0) is 5.41 Å². The number of hydrogen-bond donors (Lipinski definition) is 2. The van der Waals surface area contributed by atoms with Crippen molar-refractivity contribution in [2.75, 3.05) is 33.1 Å². The quantitative estimate of drug-likeness (QED) is 0.644. The number of benzene rings is 2. The molecular formula is C24H28F3N3O3. The van der Waals surface area contributed by atoms with Crippen LogP contribution in [0.5, 0.6) is 11.5 Å². The molecule has 0 radical (unpaired) electrons. The Morgan fingerprint density at radius 3 is 2.42 bits per heavy atom. The summed E-state index contributed by atoms with van der Waals surface area (Å²) in [6.07, 6.45) is 3.33. The van der Waals surface area contributed by atoms with Crippen molar-refractivity contribution in [1.29, 1.82) is 0 Å². The Balaban J connectivity index is 1.48. The van der Waals surface area contributed by atoms with E-state index in [1.807, 2.05) is 12.1 Å². The van der Waals surface area contributed by atoms with Crippen LogP contribution in [0.1, 0.15) is 31.2 Å². The van der Waals surface area contributed by atoms with Crippen LogP contribution in [0.3, 0.4) is 0 Å². The summed E-state index contributed by atoms with van der Waals surface area (Å²) in [4.78, 5) is 14.8. The Kier molecular flexibility index (Phi) is 6.43. The summed E-state index contributed by atoms with van der Waals surface area (Å²) in [5.74, 6) is -2.90. The fourth-order valence-corrected chi connectivity index (χ4v) is 5.37. The molecule has 0 aromatic heterocycles. The van der Waals surface area contributed by atoms with Crippen LogP contribution in [0.4, 0.5) is 23.7 Å². The van der Waals surface area contributed by atoms with Gasteiger partial charge < -0.3 is 25.0 Å². The minimum atomic E-state index is -1.57. The van der Waals surface area contributed by atoms with Gasteiger partial charge in [-0.05, 0) is 57.0 Å². The predicted octanol–water partition coefficient (Wildman–Crippen LogP) is 4.44. The van der Waals surface area contributed by atoms with Gasteiger partial charge in [0.1, 0.15) is 0 Å². The number of hydrogen-bond acceptors (Lipinski definition) is 4. The molecule has 178 valence electrons. The van der Waals surface area contributed by atoms with E-state index in [9.17, 15) is 18.0 Å². The van der Waals surface area contributed by atoms with Gasteiger partial charge in [-0.3, -0.25) is 0 Å². The highest BCUT2D eigenvalue weighted by molar-refractivity contribution is 5.89. The molecular weight excluding hydrogens is 435 g/mol. The molecule has 2 aromatic carbocycles. The van der Waals surface area contributed by atoms with E-state index in [0.29, 0.717) is 11.5 Å². The van der Waals surface area contributed by atoms with Crippen LogP contribution in [0.25, 0.3) is 0 Å². The van der Waals surface area contributed by atoms with Gasteiger partial charge in [0.05, 0.1) is 14.2 Å². The summed E-state index contributed by atoms with van der Waals surface area (Å²) in [7, 11) is 5.31. The molecule has 3 atom stereocenters. The first-order valence-electron chi connectivity index (χ1n) is 10.9. The van der Waals surface area contributed by atoms with Crippen molar-refractivity contribution in [3.63, 3.8) is 0 Å². The van der Waals surface area contributed by atoms with Gasteiger partial charge in [-0.15, -0.1) is 0 Å². The number of carbonyl (C=O) groups excluding carboxylic acids is 1. The molecule has 4 rings (SSSR count). The lowest BCUT2D eigenvalue weighted by atomic mass is 9.65. The molecule has 2 aliphatic rings. The van der Waals surface area contributed by atoms with Gasteiger partial charge in [-0.25, -0.2) is 18.0 Å². The molecule has 1 saturated carbocycles. The van der Waals surface area contributed by atoms with E-state index in [2.05, 4.69) is 28.6 Å². The van der Waals surface area contributed by atoms with Gasteiger partial charge in [-0.1, -0.05) is 6.07 Å². The molecule has 1 saturated heterocycles. The number of fused-ring (bicyclic) bond motifs is 1. The molecule has 0 unspecified atom stereocenters. The number of carbonyl (C=O) groups is 1. The third kappa shape index (κ3) is 4.34. The van der Waals surface area contributed by atoms with E-state index in [0.717, 1.165) is 44.4 Å². The number of rotatable bonds is 5. The Morgan fingerprint density at radius 1 is 1.06 bits per heavy atom. The van der Waals surface area contributed by atoms with Gasteiger partial charge in [0.15, 0.2) is 29.0 Å². The maximum Gasteiger partial charge on any atom is 0.319 e. The number of amides is 2. The zero-order valence-corrected chi connectivity index (χ0v) is 18.9. The summed E-state index contributed by atoms with van der Waals surface area (Å²) in [5, 5.41) is 5.30. The highest BCUT2D eigenvalue weighted by Crippen LogP contribution is 2.49. The normalized spacial score (nSPS) is 24.8. The number of nitrogens with one attached hydrogen (secondary N) is 2. The summed E-state index contributed by atoms with van der Waals surface area (Å²) in [6, 6.07) is 7.09. The largest absolute Gasteiger partial charge is 0.493 e. The molecule has 2 fully saturated rings. The maximum absolute atomic E-state index is 13.4. The number of anilines is 1. The summed E-state index contributed by atoms with van der Waals surface area (Å²) < 4.78 is 50.9. The number of halogens is 3. The van der Waals surface area contributed by atoms with Crippen molar-refractivity contribution in [2.24, 2.45) is 0 Å². The zero-order chi connectivity index (χ0) is 23.8. The molecule has 9 heteroatoms. The number of likely N-dealkylation sites (tertiary alicyclic amines) is 1. The summed E-state index contributed by atoms with van der Waals surface area (Å²) in [5.41, 5.74) is 0.985. The van der Waals surface area contributed by atoms with Gasteiger partial charge in [-0.2, -0.15) is 0 Å². The number of ether oxygens (including phenoxy) is 2. The van der Waals surface area contributed by atoms with Gasteiger partial charge in [0.25, 0.3) is 0 Å². The van der Waals surface area contributed by atoms with Crippen molar-refractivity contribution >= 4 is 11.7 Å². The third-order valence-corrected chi connectivity index (χ3v) is 7.06. The Labute approximate surface area is 191 Å². The summed E-state index contributed by atoms with van der Waals surface area (Å²) in [6.45, 7) is 0.937. The van der Waals surface area contributed by atoms with E-state index in [1.165, 1.54) is 5.56 Å². The smallest absolute Gasteiger partial charge is 0.319 e. The average Bonchev–Trinajstić information content (AvgIpc) is 3.14. The minimum absolute atomic E-state index is 0.0633. The highest BCUT2D eigenvalue weighted by atomic mass is 19.2. The van der Waals surface area contributed by atoms with E-state index in [-0.39, 0.29) is 23.2 Å². The highest BCUT2D eigenvalue weighted by Gasteiger charge is 2.50. The lowest BCUT2D eigenvalue weighted by Gasteiger charge is -2.45. The van der Waals surface area contributed by atoms with Crippen molar-refractivity contribution in [3.05, 3.63) is 53.3 Å². The van der Waals surface area contributed by atoms with Crippen LogP contribution in [0, 0.1) is 17.5 Å². The molecule has 2 amide bonds. The molecule has 1 aliphatic carbocycles. The minimum Gasteiger partial charge on any atom is -0.493 e. The molecule has 0 spiro atoms. The molecule has 1 heterocycles. The van der Waals surface area contributed by atoms with Crippen LogP contribution in [0.2, 0.25) is 0 Å². The Bertz CT molecular complexity index is 1030. The lowest BCUT2D eigenvalue weighted by molar-refractivity contribution is 0.156. The molecule has 2 aromatic rings. The molecule has 0 bridgehead atoms. The fraction of sp³-hybridized carbons (Fsp3) is 0.458. The topological polar surface area (TPSA) is 62.8 Å². The molecule has 2 N–H and O–H groups in total. The summed E-state index contributed by atoms with van der Waals surface area (Å²) >= 11 is 0. The van der Waals surface area contributed by atoms with Crippen molar-refractivity contribution in [1.82, 2.24) is 10.2 Å². The second-order valence-corrected chi connectivity index (χ2v) is 8.80. The van der Waals surface area contributed by atoms with Gasteiger partial charge in [0, 0.05) is 35.3 Å². The standard InChI is InChI=1S/C24H28F3N3O3/c1-30-9-8-24(14-4-5-19(32-2)20(10-14)33-3)7-6-15(13-21(24)30)28-23(31)29-16-11-17(25)22(27)18(26)12-16/h4-5,10-12,15,21H,6-9,13H2,1-3H3,(H2,28,29,31)/t15-,21+,24-/m0/s1. The molecule has 33 heavy (non-hydrogen) atoms. The zero-order valence-electron chi connectivity index (χ0n) is 18.9. The molecule has 6 nitrogen and oxygen atoms in total. The number of methoxy groups -OCH3 is 2. The second kappa shape index (κ2) is 9.13. The fourth-order valence-electron chi connectivity index (χ4n) is 5.37. The first-order chi connectivity index (χ1) is 15.8. The van der Waals surface area contributed by atoms with Crippen molar-refractivity contribution < 1.29 is 27.4 Å². The lowest BCUT2D eigenvalue weighted by Crippen LogP contribution is -2.52. The van der Waals surface area contributed by atoms with Crippen LogP contribution in [0.15, 0.2) is 30.3 Å².